The summed E-state index contributed by atoms with van der Waals surface area (Å²) in [6, 6.07) is 78.1. The second-order valence-electron chi connectivity index (χ2n) is 14.5. The van der Waals surface area contributed by atoms with Gasteiger partial charge in [0.1, 0.15) is 11.2 Å². The van der Waals surface area contributed by atoms with Crippen molar-refractivity contribution in [1.82, 2.24) is 4.57 Å². The Morgan fingerprint density at radius 2 is 0.877 bits per heavy atom. The molecule has 0 saturated carbocycles. The zero-order chi connectivity index (χ0) is 37.7. The van der Waals surface area contributed by atoms with Crippen molar-refractivity contribution in [2.45, 2.75) is 0 Å². The quantitative estimate of drug-likeness (QED) is 0.163. The van der Waals surface area contributed by atoms with Crippen LogP contribution < -0.4 is 4.90 Å². The molecule has 11 aromatic rings. The second kappa shape index (κ2) is 13.6. The Hall–Kier alpha value is -7.62. The first kappa shape index (κ1) is 32.8. The van der Waals surface area contributed by atoms with Gasteiger partial charge in [0.15, 0.2) is 0 Å². The Kier molecular flexibility index (Phi) is 7.82. The molecule has 0 spiro atoms. The molecular weight excluding hydrogens is 693 g/mol. The maximum Gasteiger partial charge on any atom is 0.135 e. The minimum absolute atomic E-state index is 0.897. The molecule has 0 amide bonds. The molecule has 11 rings (SSSR count). The van der Waals surface area contributed by atoms with Crippen LogP contribution in [0.25, 0.3) is 82.8 Å². The summed E-state index contributed by atoms with van der Waals surface area (Å²) in [5.41, 5.74) is 15.7. The van der Waals surface area contributed by atoms with Crippen LogP contribution in [0.1, 0.15) is 0 Å². The van der Waals surface area contributed by atoms with Crippen molar-refractivity contribution in [2.24, 2.45) is 0 Å². The maximum absolute atomic E-state index is 6.20. The van der Waals surface area contributed by atoms with Crippen LogP contribution in [0.3, 0.4) is 0 Å². The van der Waals surface area contributed by atoms with E-state index in [1.165, 1.54) is 49.6 Å². The number of furan rings is 1. The minimum Gasteiger partial charge on any atom is -0.456 e. The van der Waals surface area contributed by atoms with Crippen LogP contribution in [-0.4, -0.2) is 4.57 Å². The van der Waals surface area contributed by atoms with Gasteiger partial charge in [-0.1, -0.05) is 146 Å². The molecule has 0 saturated heterocycles. The summed E-state index contributed by atoms with van der Waals surface area (Å²) in [6.45, 7) is 0. The van der Waals surface area contributed by atoms with Crippen LogP contribution in [0, 0.1) is 0 Å². The Balaban J connectivity index is 1.01. The summed E-state index contributed by atoms with van der Waals surface area (Å²) in [4.78, 5) is 2.35. The Bertz CT molecular complexity index is 3210. The lowest BCUT2D eigenvalue weighted by Gasteiger charge is -2.26. The molecule has 268 valence electrons. The normalized spacial score (nSPS) is 11.5. The highest BCUT2D eigenvalue weighted by Gasteiger charge is 2.19. The van der Waals surface area contributed by atoms with Gasteiger partial charge in [-0.05, 0) is 106 Å². The van der Waals surface area contributed by atoms with Crippen LogP contribution in [0.15, 0.2) is 223 Å². The van der Waals surface area contributed by atoms with Gasteiger partial charge in [-0.25, -0.2) is 0 Å². The molecule has 0 atom stereocenters. The van der Waals surface area contributed by atoms with Crippen LogP contribution >= 0.6 is 0 Å². The van der Waals surface area contributed by atoms with Crippen molar-refractivity contribution in [1.29, 1.82) is 0 Å². The number of para-hydroxylation sites is 3. The average Bonchev–Trinajstić information content (AvgIpc) is 3.83. The molecule has 0 bridgehead atoms. The van der Waals surface area contributed by atoms with Crippen molar-refractivity contribution in [3.63, 3.8) is 0 Å². The van der Waals surface area contributed by atoms with Gasteiger partial charge in [0, 0.05) is 44.3 Å². The van der Waals surface area contributed by atoms with Crippen LogP contribution in [-0.2, 0) is 0 Å². The topological polar surface area (TPSA) is 21.3 Å². The predicted molar refractivity (Wildman–Crippen MR) is 239 cm³/mol. The summed E-state index contributed by atoms with van der Waals surface area (Å²) in [5, 5.41) is 4.70. The minimum atomic E-state index is 0.897. The van der Waals surface area contributed by atoms with Gasteiger partial charge in [0.2, 0.25) is 0 Å². The van der Waals surface area contributed by atoms with Crippen molar-refractivity contribution in [3.8, 4) is 39.1 Å². The Morgan fingerprint density at radius 1 is 0.333 bits per heavy atom. The molecule has 2 heterocycles. The smallest absolute Gasteiger partial charge is 0.135 e. The zero-order valence-electron chi connectivity index (χ0n) is 31.1. The average molecular weight is 729 g/mol. The first-order valence-corrected chi connectivity index (χ1v) is 19.4. The first-order valence-electron chi connectivity index (χ1n) is 19.4. The van der Waals surface area contributed by atoms with Crippen LogP contribution in [0.5, 0.6) is 0 Å². The Labute approximate surface area is 330 Å². The molecular formula is C54H36N2O. The monoisotopic (exact) mass is 728 g/mol. The number of anilines is 3. The molecule has 57 heavy (non-hydrogen) atoms. The highest BCUT2D eigenvalue weighted by atomic mass is 16.3. The van der Waals surface area contributed by atoms with E-state index in [0.717, 1.165) is 50.3 Å². The van der Waals surface area contributed by atoms with E-state index in [1.54, 1.807) is 0 Å². The molecule has 0 radical (unpaired) electrons. The fourth-order valence-electron chi connectivity index (χ4n) is 8.52. The largest absolute Gasteiger partial charge is 0.456 e. The number of hydrogen-bond donors (Lipinski definition) is 0. The molecule has 0 aliphatic rings. The number of rotatable bonds is 7. The molecule has 0 aliphatic carbocycles. The van der Waals surface area contributed by atoms with Gasteiger partial charge in [-0.3, -0.25) is 0 Å². The number of nitrogens with zero attached hydrogens (tertiary/aromatic N) is 2. The molecule has 3 heteroatoms. The third kappa shape index (κ3) is 5.68. The summed E-state index contributed by atoms with van der Waals surface area (Å²) in [7, 11) is 0. The van der Waals surface area contributed by atoms with Crippen molar-refractivity contribution < 1.29 is 4.42 Å². The molecule has 9 aromatic carbocycles. The molecule has 0 N–H and O–H groups in total. The van der Waals surface area contributed by atoms with Crippen LogP contribution in [0.4, 0.5) is 17.1 Å². The molecule has 3 nitrogen and oxygen atoms in total. The van der Waals surface area contributed by atoms with Gasteiger partial charge < -0.3 is 13.9 Å². The standard InChI is InChI=1S/C54H36N2O/c1-3-13-37(14-4-1)38-25-27-39(28-26-38)40-29-31-43(32-30-40)55(42-16-5-2-6-17-42)44-18-11-15-41(35-44)46-21-12-23-51-54(46)48-20-7-9-22-50(48)56(51)45-33-34-53-49(36-45)47-19-8-10-24-52(47)57-53/h1-36H. The van der Waals surface area contributed by atoms with E-state index in [1.807, 2.05) is 12.1 Å². The zero-order valence-corrected chi connectivity index (χ0v) is 31.1. The second-order valence-corrected chi connectivity index (χ2v) is 14.5. The van der Waals surface area contributed by atoms with Crippen molar-refractivity contribution in [3.05, 3.63) is 218 Å². The third-order valence-electron chi connectivity index (χ3n) is 11.2. The lowest BCUT2D eigenvalue weighted by Crippen LogP contribution is -2.09. The highest BCUT2D eigenvalue weighted by Crippen LogP contribution is 2.42. The van der Waals surface area contributed by atoms with Crippen molar-refractivity contribution >= 4 is 60.8 Å². The van der Waals surface area contributed by atoms with Crippen molar-refractivity contribution in [2.75, 3.05) is 4.90 Å². The summed E-state index contributed by atoms with van der Waals surface area (Å²) in [5.74, 6) is 0. The summed E-state index contributed by atoms with van der Waals surface area (Å²) in [6.07, 6.45) is 0. The van der Waals surface area contributed by atoms with Gasteiger partial charge in [0.05, 0.1) is 11.0 Å². The lowest BCUT2D eigenvalue weighted by molar-refractivity contribution is 0.669. The third-order valence-corrected chi connectivity index (χ3v) is 11.2. The van der Waals surface area contributed by atoms with Gasteiger partial charge >= 0.3 is 0 Å². The van der Waals surface area contributed by atoms with E-state index in [9.17, 15) is 0 Å². The van der Waals surface area contributed by atoms with E-state index >= 15 is 0 Å². The fourth-order valence-corrected chi connectivity index (χ4v) is 8.52. The number of hydrogen-bond acceptors (Lipinski definition) is 2. The number of aromatic nitrogens is 1. The molecule has 0 aliphatic heterocycles. The van der Waals surface area contributed by atoms with E-state index in [2.05, 4.69) is 216 Å². The van der Waals surface area contributed by atoms with Gasteiger partial charge in [0.25, 0.3) is 0 Å². The van der Waals surface area contributed by atoms with Gasteiger partial charge in [-0.2, -0.15) is 0 Å². The summed E-state index contributed by atoms with van der Waals surface area (Å²) < 4.78 is 8.60. The maximum atomic E-state index is 6.20. The molecule has 0 unspecified atom stereocenters. The van der Waals surface area contributed by atoms with E-state index < -0.39 is 0 Å². The number of benzene rings is 9. The van der Waals surface area contributed by atoms with E-state index in [0.29, 0.717) is 0 Å². The van der Waals surface area contributed by atoms with Gasteiger partial charge in [-0.15, -0.1) is 0 Å². The molecule has 0 fully saturated rings. The van der Waals surface area contributed by atoms with E-state index in [4.69, 9.17) is 4.42 Å². The van der Waals surface area contributed by atoms with E-state index in [-0.39, 0.29) is 0 Å². The lowest BCUT2D eigenvalue weighted by atomic mass is 9.98. The number of fused-ring (bicyclic) bond motifs is 6. The fraction of sp³-hybridized carbons (Fsp3) is 0. The highest BCUT2D eigenvalue weighted by molar-refractivity contribution is 6.16. The molecule has 2 aromatic heterocycles. The SMILES string of the molecule is c1ccc(-c2ccc(-c3ccc(N(c4ccccc4)c4cccc(-c5cccc6c5c5ccccc5n6-c5ccc6oc7ccccc7c6c5)c4)cc3)cc2)cc1. The van der Waals surface area contributed by atoms with Crippen LogP contribution in [0.2, 0.25) is 0 Å². The first-order chi connectivity index (χ1) is 28.3. The predicted octanol–water partition coefficient (Wildman–Crippen LogP) is 15.2. The Morgan fingerprint density at radius 3 is 1.65 bits per heavy atom. The summed E-state index contributed by atoms with van der Waals surface area (Å²) >= 11 is 0.